The third-order valence-corrected chi connectivity index (χ3v) is 4.74. The van der Waals surface area contributed by atoms with Crippen LogP contribution in [0.3, 0.4) is 0 Å². The van der Waals surface area contributed by atoms with Crippen molar-refractivity contribution in [3.8, 4) is 0 Å². The monoisotopic (exact) mass is 390 g/mol. The van der Waals surface area contributed by atoms with Crippen molar-refractivity contribution in [2.75, 3.05) is 17.7 Å². The lowest BCUT2D eigenvalue weighted by Crippen LogP contribution is -2.28. The number of aromatic nitrogens is 2. The van der Waals surface area contributed by atoms with Crippen LogP contribution in [0.25, 0.3) is 0 Å². The zero-order valence-corrected chi connectivity index (χ0v) is 15.2. The van der Waals surface area contributed by atoms with Crippen LogP contribution in [0.2, 0.25) is 0 Å². The molecule has 1 aliphatic carbocycles. The van der Waals surface area contributed by atoms with Gasteiger partial charge in [0.05, 0.1) is 12.7 Å². The van der Waals surface area contributed by atoms with Crippen molar-refractivity contribution in [3.63, 3.8) is 0 Å². The van der Waals surface area contributed by atoms with Crippen molar-refractivity contribution < 1.29 is 9.53 Å². The number of nitrogens with zero attached hydrogens (tertiary/aromatic N) is 2. The lowest BCUT2D eigenvalue weighted by atomic mass is 9.93. The quantitative estimate of drug-likeness (QED) is 0.750. The summed E-state index contributed by atoms with van der Waals surface area (Å²) in [4.78, 5) is 20.6. The Bertz CT molecular complexity index is 762. The zero-order valence-electron chi connectivity index (χ0n) is 13.6. The molecule has 0 bridgehead atoms. The molecule has 0 aliphatic heterocycles. The molecule has 3 rings (SSSR count). The number of hydrogen-bond donors (Lipinski definition) is 2. The van der Waals surface area contributed by atoms with Gasteiger partial charge in [0.2, 0.25) is 5.95 Å². The topological polar surface area (TPSA) is 76.1 Å². The normalized spacial score (nSPS) is 14.0. The van der Waals surface area contributed by atoms with Crippen molar-refractivity contribution in [1.82, 2.24) is 9.97 Å². The van der Waals surface area contributed by atoms with E-state index in [0.29, 0.717) is 22.0 Å². The Hall–Kier alpha value is -2.15. The Balaban J connectivity index is 1.80. The van der Waals surface area contributed by atoms with Crippen LogP contribution < -0.4 is 10.6 Å². The number of carbonyl (C=O) groups is 1. The molecule has 0 spiro atoms. The van der Waals surface area contributed by atoms with E-state index in [-0.39, 0.29) is 0 Å². The fourth-order valence-electron chi connectivity index (χ4n) is 2.39. The van der Waals surface area contributed by atoms with Crippen molar-refractivity contribution in [2.24, 2.45) is 0 Å². The van der Waals surface area contributed by atoms with Crippen LogP contribution in [0.15, 0.2) is 28.9 Å². The predicted molar refractivity (Wildman–Crippen MR) is 96.8 cm³/mol. The number of esters is 1. The average molecular weight is 391 g/mol. The van der Waals surface area contributed by atoms with E-state index >= 15 is 0 Å². The number of hydrogen-bond acceptors (Lipinski definition) is 6. The van der Waals surface area contributed by atoms with Crippen LogP contribution in [0.5, 0.6) is 0 Å². The van der Waals surface area contributed by atoms with Crippen molar-refractivity contribution in [2.45, 2.75) is 32.2 Å². The molecule has 0 saturated heterocycles. The van der Waals surface area contributed by atoms with E-state index in [0.717, 1.165) is 17.1 Å². The van der Waals surface area contributed by atoms with Gasteiger partial charge < -0.3 is 15.4 Å². The molecule has 2 N–H and O–H groups in total. The summed E-state index contributed by atoms with van der Waals surface area (Å²) >= 11 is 3.35. The number of nitrogens with one attached hydrogen (secondary N) is 2. The van der Waals surface area contributed by atoms with Crippen LogP contribution in [0.4, 0.5) is 17.5 Å². The lowest BCUT2D eigenvalue weighted by molar-refractivity contribution is 0.0599. The number of halogens is 1. The van der Waals surface area contributed by atoms with Crippen molar-refractivity contribution >= 4 is 39.4 Å². The highest BCUT2D eigenvalue weighted by molar-refractivity contribution is 9.10. The molecule has 126 valence electrons. The van der Waals surface area contributed by atoms with Gasteiger partial charge in [-0.1, -0.05) is 0 Å². The molecule has 6 nitrogen and oxygen atoms in total. The molecular weight excluding hydrogens is 372 g/mol. The zero-order chi connectivity index (χ0) is 17.1. The van der Waals surface area contributed by atoms with Gasteiger partial charge >= 0.3 is 5.97 Å². The van der Waals surface area contributed by atoms with Gasteiger partial charge in [-0.25, -0.2) is 9.78 Å². The highest BCUT2D eigenvalue weighted by Gasteiger charge is 2.18. The summed E-state index contributed by atoms with van der Waals surface area (Å²) in [6.07, 6.45) is 5.42. The van der Waals surface area contributed by atoms with Gasteiger partial charge in [-0.15, -0.1) is 0 Å². The van der Waals surface area contributed by atoms with E-state index in [1.165, 1.54) is 26.4 Å². The van der Waals surface area contributed by atoms with E-state index in [1.807, 2.05) is 13.0 Å². The first-order chi connectivity index (χ1) is 11.6. The maximum Gasteiger partial charge on any atom is 0.339 e. The standard InChI is InChI=1S/C17H19BrN4O2/c1-10-9-19-17(22-15(10)20-11-4-3-5-11)21-12-6-7-14(18)13(8-12)16(23)24-2/h6-9,11H,3-5H2,1-2H3,(H2,19,20,21,22). The molecule has 0 amide bonds. The van der Waals surface area contributed by atoms with E-state index in [2.05, 4.69) is 36.5 Å². The minimum atomic E-state index is -0.400. The largest absolute Gasteiger partial charge is 0.465 e. The van der Waals surface area contributed by atoms with Gasteiger partial charge in [-0.3, -0.25) is 0 Å². The Labute approximate surface area is 149 Å². The molecule has 0 radical (unpaired) electrons. The fourth-order valence-corrected chi connectivity index (χ4v) is 2.80. The van der Waals surface area contributed by atoms with Crippen LogP contribution in [0.1, 0.15) is 35.2 Å². The third kappa shape index (κ3) is 3.67. The minimum Gasteiger partial charge on any atom is -0.465 e. The van der Waals surface area contributed by atoms with Gasteiger partial charge in [-0.05, 0) is 60.3 Å². The summed E-state index contributed by atoms with van der Waals surface area (Å²) in [6, 6.07) is 5.85. The maximum absolute atomic E-state index is 11.8. The second-order valence-corrected chi connectivity index (χ2v) is 6.66. The first-order valence-corrected chi connectivity index (χ1v) is 8.61. The number of carbonyl (C=O) groups excluding carboxylic acids is 1. The third-order valence-electron chi connectivity index (χ3n) is 4.05. The molecule has 1 aromatic heterocycles. The average Bonchev–Trinajstić information content (AvgIpc) is 2.54. The number of rotatable bonds is 5. The van der Waals surface area contributed by atoms with Gasteiger partial charge in [0, 0.05) is 28.0 Å². The first-order valence-electron chi connectivity index (χ1n) is 7.82. The fraction of sp³-hybridized carbons (Fsp3) is 0.353. The second kappa shape index (κ2) is 7.17. The molecule has 0 atom stereocenters. The van der Waals surface area contributed by atoms with E-state index < -0.39 is 5.97 Å². The van der Waals surface area contributed by atoms with Crippen LogP contribution >= 0.6 is 15.9 Å². The highest BCUT2D eigenvalue weighted by atomic mass is 79.9. The summed E-state index contributed by atoms with van der Waals surface area (Å²) in [5.74, 6) is 0.936. The van der Waals surface area contributed by atoms with Gasteiger partial charge in [0.15, 0.2) is 0 Å². The number of ether oxygens (including phenoxy) is 1. The molecule has 2 aromatic rings. The molecule has 0 unspecified atom stereocenters. The van der Waals surface area contributed by atoms with Gasteiger partial charge in [0.25, 0.3) is 0 Å². The molecule has 1 heterocycles. The Morgan fingerprint density at radius 3 is 2.83 bits per heavy atom. The predicted octanol–water partition coefficient (Wildman–Crippen LogP) is 4.04. The summed E-state index contributed by atoms with van der Waals surface area (Å²) < 4.78 is 5.46. The second-order valence-electron chi connectivity index (χ2n) is 5.81. The Morgan fingerprint density at radius 1 is 1.38 bits per heavy atom. The van der Waals surface area contributed by atoms with E-state index in [9.17, 15) is 4.79 Å². The van der Waals surface area contributed by atoms with Crippen LogP contribution in [0, 0.1) is 6.92 Å². The molecule has 1 saturated carbocycles. The molecule has 1 aromatic carbocycles. The van der Waals surface area contributed by atoms with E-state index in [4.69, 9.17) is 4.74 Å². The summed E-state index contributed by atoms with van der Waals surface area (Å²) in [6.45, 7) is 1.99. The van der Waals surface area contributed by atoms with Gasteiger partial charge in [0.1, 0.15) is 5.82 Å². The molecule has 1 aliphatic rings. The smallest absolute Gasteiger partial charge is 0.339 e. The molecule has 1 fully saturated rings. The number of methoxy groups -OCH3 is 1. The summed E-state index contributed by atoms with van der Waals surface area (Å²) in [5, 5.41) is 6.58. The molecule has 7 heteroatoms. The molecule has 24 heavy (non-hydrogen) atoms. The molecular formula is C17H19BrN4O2. The van der Waals surface area contributed by atoms with Crippen LogP contribution in [-0.4, -0.2) is 29.1 Å². The van der Waals surface area contributed by atoms with Crippen LogP contribution in [-0.2, 0) is 4.74 Å². The lowest BCUT2D eigenvalue weighted by Gasteiger charge is -2.27. The van der Waals surface area contributed by atoms with Crippen molar-refractivity contribution in [1.29, 1.82) is 0 Å². The first kappa shape index (κ1) is 16.7. The Kier molecular flexibility index (Phi) is 4.99. The summed E-state index contributed by atoms with van der Waals surface area (Å²) in [5.41, 5.74) is 2.18. The van der Waals surface area contributed by atoms with Gasteiger partial charge in [-0.2, -0.15) is 4.98 Å². The SMILES string of the molecule is COC(=O)c1cc(Nc2ncc(C)c(NC3CCC3)n2)ccc1Br. The Morgan fingerprint density at radius 2 is 2.17 bits per heavy atom. The van der Waals surface area contributed by atoms with Crippen molar-refractivity contribution in [3.05, 3.63) is 40.0 Å². The summed E-state index contributed by atoms with van der Waals surface area (Å²) in [7, 11) is 1.36. The number of anilines is 3. The highest BCUT2D eigenvalue weighted by Crippen LogP contribution is 2.26. The number of benzene rings is 1. The number of aryl methyl sites for hydroxylation is 1. The minimum absolute atomic E-state index is 0.400. The van der Waals surface area contributed by atoms with E-state index in [1.54, 1.807) is 18.3 Å². The maximum atomic E-state index is 11.8.